The zero-order valence-electron chi connectivity index (χ0n) is 15.1. The van der Waals surface area contributed by atoms with Gasteiger partial charge >= 0.3 is 0 Å². The minimum absolute atomic E-state index is 0.00382. The Hall–Kier alpha value is -2.48. The van der Waals surface area contributed by atoms with Gasteiger partial charge in [-0.05, 0) is 32.9 Å². The van der Waals surface area contributed by atoms with E-state index in [0.717, 1.165) is 15.5 Å². The highest BCUT2D eigenvalue weighted by atomic mass is 32.1. The van der Waals surface area contributed by atoms with Gasteiger partial charge in [0.1, 0.15) is 16.3 Å². The molecule has 0 spiro atoms. The van der Waals surface area contributed by atoms with Crippen LogP contribution in [0.4, 0.5) is 0 Å². The number of thiophene rings is 1. The lowest BCUT2D eigenvalue weighted by Crippen LogP contribution is -2.35. The van der Waals surface area contributed by atoms with E-state index in [9.17, 15) is 9.59 Å². The van der Waals surface area contributed by atoms with E-state index in [4.69, 9.17) is 0 Å². The van der Waals surface area contributed by atoms with Gasteiger partial charge in [0.2, 0.25) is 0 Å². The maximum absolute atomic E-state index is 13.0. The summed E-state index contributed by atoms with van der Waals surface area (Å²) in [5.74, 6) is 0.715. The van der Waals surface area contributed by atoms with Crippen molar-refractivity contribution in [3.8, 4) is 0 Å². The van der Waals surface area contributed by atoms with Gasteiger partial charge in [-0.15, -0.1) is 11.3 Å². The normalized spacial score (nSPS) is 14.7. The number of rotatable bonds is 2. The monoisotopic (exact) mass is 371 g/mol. The number of aryl methyl sites for hydroxylation is 1. The van der Waals surface area contributed by atoms with E-state index < -0.39 is 0 Å². The van der Waals surface area contributed by atoms with Crippen LogP contribution in [-0.4, -0.2) is 43.2 Å². The van der Waals surface area contributed by atoms with Gasteiger partial charge in [0.15, 0.2) is 0 Å². The van der Waals surface area contributed by atoms with Crippen LogP contribution in [-0.2, 0) is 13.0 Å². The summed E-state index contributed by atoms with van der Waals surface area (Å²) in [6.45, 7) is 7.49. The summed E-state index contributed by atoms with van der Waals surface area (Å²) in [6, 6.07) is 3.77. The van der Waals surface area contributed by atoms with Crippen LogP contribution in [0.1, 0.15) is 41.1 Å². The van der Waals surface area contributed by atoms with E-state index >= 15 is 0 Å². The van der Waals surface area contributed by atoms with Gasteiger partial charge in [0.25, 0.3) is 11.5 Å². The van der Waals surface area contributed by atoms with Gasteiger partial charge in [-0.3, -0.25) is 18.8 Å². The molecule has 8 heteroatoms. The number of carbonyl (C=O) groups is 1. The summed E-state index contributed by atoms with van der Waals surface area (Å²) in [7, 11) is 0. The number of nitrogens with zero attached hydrogens (tertiary/aromatic N) is 5. The molecule has 0 bridgehead atoms. The van der Waals surface area contributed by atoms with Gasteiger partial charge < -0.3 is 4.90 Å². The summed E-state index contributed by atoms with van der Waals surface area (Å²) in [6.07, 6.45) is 2.23. The van der Waals surface area contributed by atoms with Gasteiger partial charge in [-0.1, -0.05) is 0 Å². The number of hydrogen-bond acceptors (Lipinski definition) is 5. The molecular weight excluding hydrogens is 350 g/mol. The van der Waals surface area contributed by atoms with Crippen molar-refractivity contribution < 1.29 is 4.79 Å². The molecule has 0 fully saturated rings. The highest BCUT2D eigenvalue weighted by Gasteiger charge is 2.24. The van der Waals surface area contributed by atoms with Crippen molar-refractivity contribution in [2.45, 2.75) is 39.8 Å². The quantitative estimate of drug-likeness (QED) is 0.693. The summed E-state index contributed by atoms with van der Waals surface area (Å²) in [5.41, 5.74) is 0.582. The van der Waals surface area contributed by atoms with Crippen molar-refractivity contribution in [1.82, 2.24) is 24.2 Å². The predicted octanol–water partition coefficient (Wildman–Crippen LogP) is 2.24. The molecule has 0 N–H and O–H groups in total. The summed E-state index contributed by atoms with van der Waals surface area (Å²) >= 11 is 1.54. The smallest absolute Gasteiger partial charge is 0.272 e. The molecule has 0 atom stereocenters. The van der Waals surface area contributed by atoms with Gasteiger partial charge in [0, 0.05) is 43.2 Å². The Labute approximate surface area is 154 Å². The zero-order chi connectivity index (χ0) is 18.4. The van der Waals surface area contributed by atoms with E-state index in [1.807, 2.05) is 26.8 Å². The molecule has 1 amide bonds. The third-order valence-electron chi connectivity index (χ3n) is 4.72. The number of amides is 1. The molecule has 4 rings (SSSR count). The minimum atomic E-state index is -0.0466. The maximum atomic E-state index is 13.0. The highest BCUT2D eigenvalue weighted by molar-refractivity contribution is 7.18. The van der Waals surface area contributed by atoms with Crippen molar-refractivity contribution in [1.29, 1.82) is 0 Å². The Balaban J connectivity index is 1.64. The van der Waals surface area contributed by atoms with E-state index in [2.05, 4.69) is 10.1 Å². The minimum Gasteiger partial charge on any atom is -0.335 e. The third-order valence-corrected chi connectivity index (χ3v) is 5.66. The topological polar surface area (TPSA) is 73.0 Å². The van der Waals surface area contributed by atoms with Crippen LogP contribution in [0, 0.1) is 6.92 Å². The fourth-order valence-corrected chi connectivity index (χ4v) is 4.32. The molecule has 0 unspecified atom stereocenters. The van der Waals surface area contributed by atoms with Crippen LogP contribution in [0.3, 0.4) is 0 Å². The average molecular weight is 371 g/mol. The van der Waals surface area contributed by atoms with Crippen molar-refractivity contribution in [3.05, 3.63) is 45.1 Å². The Bertz CT molecular complexity index is 1050. The number of carbonyl (C=O) groups excluding carboxylic acids is 1. The molecule has 0 aromatic carbocycles. The fourth-order valence-electron chi connectivity index (χ4n) is 3.43. The molecule has 136 valence electrons. The first kappa shape index (κ1) is 17.0. The second-order valence-electron chi connectivity index (χ2n) is 6.86. The number of aromatic nitrogens is 4. The molecule has 1 aliphatic rings. The molecule has 4 heterocycles. The first-order valence-electron chi connectivity index (χ1n) is 8.78. The highest BCUT2D eigenvalue weighted by Crippen LogP contribution is 2.21. The second kappa shape index (κ2) is 6.35. The Morgan fingerprint density at radius 3 is 2.85 bits per heavy atom. The largest absolute Gasteiger partial charge is 0.335 e. The standard InChI is InChI=1S/C18H21N5O2S/c1-11(2)23-14(4-6-19-23)18(25)21-7-5-15-20-16-13(10-12(3)26-16)17(24)22(15)9-8-21/h4,6,10-11H,5,7-9H2,1-3H3. The molecular formula is C18H21N5O2S. The molecule has 26 heavy (non-hydrogen) atoms. The summed E-state index contributed by atoms with van der Waals surface area (Å²) in [5, 5.41) is 4.92. The van der Waals surface area contributed by atoms with Crippen LogP contribution < -0.4 is 5.56 Å². The van der Waals surface area contributed by atoms with E-state index in [1.165, 1.54) is 11.3 Å². The molecule has 1 aliphatic heterocycles. The van der Waals surface area contributed by atoms with Crippen LogP contribution in [0.2, 0.25) is 0 Å². The van der Waals surface area contributed by atoms with Crippen LogP contribution >= 0.6 is 11.3 Å². The van der Waals surface area contributed by atoms with E-state index in [1.54, 1.807) is 26.4 Å². The Kier molecular flexibility index (Phi) is 4.14. The van der Waals surface area contributed by atoms with Crippen molar-refractivity contribution in [2.24, 2.45) is 0 Å². The van der Waals surface area contributed by atoms with Crippen LogP contribution in [0.5, 0.6) is 0 Å². The molecule has 0 saturated carbocycles. The molecule has 7 nitrogen and oxygen atoms in total. The molecule has 0 radical (unpaired) electrons. The van der Waals surface area contributed by atoms with Crippen LogP contribution in [0.25, 0.3) is 10.2 Å². The van der Waals surface area contributed by atoms with Crippen LogP contribution in [0.15, 0.2) is 23.1 Å². The first-order chi connectivity index (χ1) is 12.5. The second-order valence-corrected chi connectivity index (χ2v) is 8.09. The average Bonchev–Trinajstić information content (AvgIpc) is 3.17. The van der Waals surface area contributed by atoms with Crippen molar-refractivity contribution >= 4 is 27.5 Å². The lowest BCUT2D eigenvalue weighted by molar-refractivity contribution is 0.0744. The SMILES string of the molecule is Cc1cc2c(=O)n3c(nc2s1)CCN(C(=O)c1ccnn1C(C)C)CC3. The molecule has 0 saturated heterocycles. The summed E-state index contributed by atoms with van der Waals surface area (Å²) < 4.78 is 3.46. The lowest BCUT2D eigenvalue weighted by atomic mass is 10.3. The van der Waals surface area contributed by atoms with Crippen molar-refractivity contribution in [3.63, 3.8) is 0 Å². The van der Waals surface area contributed by atoms with Gasteiger partial charge in [-0.2, -0.15) is 5.10 Å². The third kappa shape index (κ3) is 2.74. The predicted molar refractivity (Wildman–Crippen MR) is 101 cm³/mol. The Morgan fingerprint density at radius 2 is 2.08 bits per heavy atom. The van der Waals surface area contributed by atoms with E-state index in [-0.39, 0.29) is 17.5 Å². The Morgan fingerprint density at radius 1 is 1.27 bits per heavy atom. The van der Waals surface area contributed by atoms with Gasteiger partial charge in [-0.25, -0.2) is 4.98 Å². The van der Waals surface area contributed by atoms with Gasteiger partial charge in [0.05, 0.1) is 5.39 Å². The van der Waals surface area contributed by atoms with Crippen molar-refractivity contribution in [2.75, 3.05) is 13.1 Å². The molecule has 3 aromatic heterocycles. The summed E-state index contributed by atoms with van der Waals surface area (Å²) in [4.78, 5) is 34.1. The lowest BCUT2D eigenvalue weighted by Gasteiger charge is -2.21. The number of fused-ring (bicyclic) bond motifs is 2. The fraction of sp³-hybridized carbons (Fsp3) is 0.444. The zero-order valence-corrected chi connectivity index (χ0v) is 15.9. The molecule has 0 aliphatic carbocycles. The number of hydrogen-bond donors (Lipinski definition) is 0. The molecule has 3 aromatic rings. The van der Waals surface area contributed by atoms with E-state index in [0.29, 0.717) is 37.1 Å². The first-order valence-corrected chi connectivity index (χ1v) is 9.60. The maximum Gasteiger partial charge on any atom is 0.272 e.